The molecule has 0 unspecified atom stereocenters. The molecule has 0 radical (unpaired) electrons. The first-order valence-electron chi connectivity index (χ1n) is 4.50. The Balaban J connectivity index is 2.21. The van der Waals surface area contributed by atoms with Gasteiger partial charge in [-0.3, -0.25) is 4.39 Å². The average Bonchev–Trinajstić information content (AvgIpc) is 2.66. The van der Waals surface area contributed by atoms with Gasteiger partial charge in [-0.15, -0.1) is 11.3 Å². The van der Waals surface area contributed by atoms with E-state index in [-0.39, 0.29) is 6.67 Å². The van der Waals surface area contributed by atoms with Crippen molar-refractivity contribution >= 4 is 39.1 Å². The number of anilines is 1. The van der Waals surface area contributed by atoms with Crippen LogP contribution >= 0.6 is 23.1 Å². The molecule has 0 aliphatic rings. The molecular weight excluding hydrogens is 233 g/mol. The van der Waals surface area contributed by atoms with Crippen LogP contribution in [0.4, 0.5) is 10.2 Å². The molecule has 15 heavy (non-hydrogen) atoms. The van der Waals surface area contributed by atoms with Gasteiger partial charge >= 0.3 is 0 Å². The minimum atomic E-state index is -0.302. The van der Waals surface area contributed by atoms with Crippen LogP contribution in [0, 0.1) is 0 Å². The van der Waals surface area contributed by atoms with E-state index in [0.717, 1.165) is 10.2 Å². The fraction of sp³-hybridized carbons (Fsp3) is 0.333. The largest absolute Gasteiger partial charge is 0.383 e. The predicted molar refractivity (Wildman–Crippen MR) is 63.1 cm³/mol. The third kappa shape index (κ3) is 2.38. The van der Waals surface area contributed by atoms with Crippen molar-refractivity contribution in [3.63, 3.8) is 0 Å². The molecule has 2 N–H and O–H groups in total. The molecule has 0 fully saturated rings. The van der Waals surface area contributed by atoms with Crippen molar-refractivity contribution in [1.82, 2.24) is 9.97 Å². The van der Waals surface area contributed by atoms with Gasteiger partial charge in [0.2, 0.25) is 0 Å². The number of halogens is 1. The number of nitrogen functional groups attached to an aromatic ring is 1. The van der Waals surface area contributed by atoms with E-state index in [2.05, 4.69) is 9.97 Å². The molecule has 3 nitrogen and oxygen atoms in total. The second-order valence-electron chi connectivity index (χ2n) is 2.92. The van der Waals surface area contributed by atoms with Crippen LogP contribution in [0.15, 0.2) is 16.6 Å². The first-order chi connectivity index (χ1) is 7.31. The average molecular weight is 243 g/mol. The second-order valence-corrected chi connectivity index (χ2v) is 4.88. The van der Waals surface area contributed by atoms with Gasteiger partial charge in [0.1, 0.15) is 10.6 Å². The van der Waals surface area contributed by atoms with E-state index >= 15 is 0 Å². The normalized spacial score (nSPS) is 11.0. The Bertz CT molecular complexity index is 458. The summed E-state index contributed by atoms with van der Waals surface area (Å²) in [5.41, 5.74) is 5.77. The Kier molecular flexibility index (Phi) is 3.37. The van der Waals surface area contributed by atoms with Crippen LogP contribution in [-0.2, 0) is 0 Å². The summed E-state index contributed by atoms with van der Waals surface area (Å²) >= 11 is 2.98. The van der Waals surface area contributed by atoms with E-state index in [1.54, 1.807) is 0 Å². The Morgan fingerprint density at radius 2 is 2.33 bits per heavy atom. The van der Waals surface area contributed by atoms with Crippen molar-refractivity contribution in [2.24, 2.45) is 0 Å². The standard InChI is InChI=1S/C9H10FN3S2/c10-3-1-4-15-9-12-7(11)6-2-5-14-8(6)13-9/h2,5H,1,3-4H2,(H2,11,12,13). The lowest BCUT2D eigenvalue weighted by Gasteiger charge is -2.00. The quantitative estimate of drug-likeness (QED) is 0.509. The minimum Gasteiger partial charge on any atom is -0.383 e. The van der Waals surface area contributed by atoms with Crippen LogP contribution in [0.25, 0.3) is 10.2 Å². The van der Waals surface area contributed by atoms with Crippen LogP contribution in [0.1, 0.15) is 6.42 Å². The first kappa shape index (κ1) is 10.6. The van der Waals surface area contributed by atoms with Crippen molar-refractivity contribution in [2.45, 2.75) is 11.6 Å². The van der Waals surface area contributed by atoms with Crippen molar-refractivity contribution in [2.75, 3.05) is 18.2 Å². The number of aromatic nitrogens is 2. The highest BCUT2D eigenvalue weighted by atomic mass is 32.2. The Morgan fingerprint density at radius 1 is 1.47 bits per heavy atom. The van der Waals surface area contributed by atoms with Gasteiger partial charge in [-0.1, -0.05) is 11.8 Å². The molecule has 0 aliphatic heterocycles. The Morgan fingerprint density at radius 3 is 3.13 bits per heavy atom. The van der Waals surface area contributed by atoms with E-state index in [1.807, 2.05) is 11.4 Å². The number of alkyl halides is 1. The predicted octanol–water partition coefficient (Wildman–Crippen LogP) is 2.73. The number of nitrogens with zero attached hydrogens (tertiary/aromatic N) is 2. The van der Waals surface area contributed by atoms with Gasteiger partial charge in [0.15, 0.2) is 5.16 Å². The highest BCUT2D eigenvalue weighted by molar-refractivity contribution is 7.99. The van der Waals surface area contributed by atoms with Crippen LogP contribution in [0.3, 0.4) is 0 Å². The molecule has 2 aromatic heterocycles. The third-order valence-electron chi connectivity index (χ3n) is 1.84. The molecule has 2 rings (SSSR count). The second kappa shape index (κ2) is 4.76. The zero-order valence-corrected chi connectivity index (χ0v) is 9.58. The number of thioether (sulfide) groups is 1. The van der Waals surface area contributed by atoms with Gasteiger partial charge in [-0.2, -0.15) is 0 Å². The molecule has 0 bridgehead atoms. The summed E-state index contributed by atoms with van der Waals surface area (Å²) in [6, 6.07) is 1.91. The van der Waals surface area contributed by atoms with E-state index in [1.165, 1.54) is 23.1 Å². The summed E-state index contributed by atoms with van der Waals surface area (Å²) in [4.78, 5) is 9.39. The summed E-state index contributed by atoms with van der Waals surface area (Å²) < 4.78 is 11.9. The summed E-state index contributed by atoms with van der Waals surface area (Å²) in [7, 11) is 0. The number of fused-ring (bicyclic) bond motifs is 1. The summed E-state index contributed by atoms with van der Waals surface area (Å²) in [6.07, 6.45) is 0.524. The SMILES string of the molecule is Nc1nc(SCCCF)nc2sccc12. The van der Waals surface area contributed by atoms with Crippen LogP contribution in [0.2, 0.25) is 0 Å². The van der Waals surface area contributed by atoms with E-state index in [0.29, 0.717) is 23.1 Å². The lowest BCUT2D eigenvalue weighted by atomic mass is 10.4. The van der Waals surface area contributed by atoms with Gasteiger partial charge in [0, 0.05) is 5.75 Å². The smallest absolute Gasteiger partial charge is 0.190 e. The number of rotatable bonds is 4. The lowest BCUT2D eigenvalue weighted by Crippen LogP contribution is -1.95. The molecule has 0 amide bonds. The summed E-state index contributed by atoms with van der Waals surface area (Å²) in [5.74, 6) is 1.19. The molecule has 6 heteroatoms. The maximum atomic E-state index is 11.9. The number of hydrogen-bond donors (Lipinski definition) is 1. The van der Waals surface area contributed by atoms with Crippen molar-refractivity contribution in [3.8, 4) is 0 Å². The van der Waals surface area contributed by atoms with E-state index < -0.39 is 0 Å². The monoisotopic (exact) mass is 243 g/mol. The number of thiophene rings is 1. The van der Waals surface area contributed by atoms with Crippen LogP contribution in [0.5, 0.6) is 0 Å². The highest BCUT2D eigenvalue weighted by Crippen LogP contribution is 2.26. The fourth-order valence-corrected chi connectivity index (χ4v) is 2.72. The van der Waals surface area contributed by atoms with Gasteiger partial charge in [0.05, 0.1) is 12.1 Å². The molecular formula is C9H10FN3S2. The van der Waals surface area contributed by atoms with Gasteiger partial charge < -0.3 is 5.73 Å². The van der Waals surface area contributed by atoms with E-state index in [4.69, 9.17) is 5.73 Å². The van der Waals surface area contributed by atoms with Crippen molar-refractivity contribution < 1.29 is 4.39 Å². The molecule has 0 saturated heterocycles. The molecule has 2 aromatic rings. The topological polar surface area (TPSA) is 51.8 Å². The molecule has 0 spiro atoms. The highest BCUT2D eigenvalue weighted by Gasteiger charge is 2.06. The van der Waals surface area contributed by atoms with Crippen molar-refractivity contribution in [3.05, 3.63) is 11.4 Å². The van der Waals surface area contributed by atoms with Gasteiger partial charge in [-0.25, -0.2) is 9.97 Å². The van der Waals surface area contributed by atoms with E-state index in [9.17, 15) is 4.39 Å². The molecule has 0 aliphatic carbocycles. The molecule has 0 saturated carbocycles. The van der Waals surface area contributed by atoms with Crippen LogP contribution < -0.4 is 5.73 Å². The Labute approximate surface area is 94.9 Å². The lowest BCUT2D eigenvalue weighted by molar-refractivity contribution is 0.489. The molecule has 2 heterocycles. The Hall–Kier alpha value is -0.880. The molecule has 80 valence electrons. The maximum Gasteiger partial charge on any atom is 0.190 e. The van der Waals surface area contributed by atoms with Gasteiger partial charge in [0.25, 0.3) is 0 Å². The fourth-order valence-electron chi connectivity index (χ4n) is 1.14. The summed E-state index contributed by atoms with van der Waals surface area (Å²) in [5, 5.41) is 3.47. The zero-order chi connectivity index (χ0) is 10.7. The molecule has 0 atom stereocenters. The van der Waals surface area contributed by atoms with Gasteiger partial charge in [-0.05, 0) is 17.9 Å². The number of nitrogens with two attached hydrogens (primary N) is 1. The molecule has 0 aromatic carbocycles. The van der Waals surface area contributed by atoms with Crippen molar-refractivity contribution in [1.29, 1.82) is 0 Å². The maximum absolute atomic E-state index is 11.9. The zero-order valence-electron chi connectivity index (χ0n) is 7.94. The van der Waals surface area contributed by atoms with Crippen LogP contribution in [-0.4, -0.2) is 22.4 Å². The third-order valence-corrected chi connectivity index (χ3v) is 3.58. The summed E-state index contributed by atoms with van der Waals surface area (Å²) in [6.45, 7) is -0.302. The minimum absolute atomic E-state index is 0.302. The first-order valence-corrected chi connectivity index (χ1v) is 6.37. The number of hydrogen-bond acceptors (Lipinski definition) is 5.